The van der Waals surface area contributed by atoms with Crippen LogP contribution in [0.5, 0.6) is 5.75 Å². The number of hydrogen-bond acceptors (Lipinski definition) is 5. The molecule has 1 aliphatic rings. The molecule has 19 heavy (non-hydrogen) atoms. The van der Waals surface area contributed by atoms with Crippen LogP contribution in [0.2, 0.25) is 0 Å². The molecule has 2 rings (SSSR count). The van der Waals surface area contributed by atoms with Crippen molar-refractivity contribution in [2.24, 2.45) is 5.92 Å². The fraction of sp³-hybridized carbons (Fsp3) is 0.500. The maximum atomic E-state index is 12.2. The fourth-order valence-electron chi connectivity index (χ4n) is 1.96. The van der Waals surface area contributed by atoms with E-state index in [1.165, 1.54) is 25.3 Å². The predicted molar refractivity (Wildman–Crippen MR) is 71.5 cm³/mol. The second-order valence-electron chi connectivity index (χ2n) is 4.49. The van der Waals surface area contributed by atoms with Crippen LogP contribution in [0.25, 0.3) is 0 Å². The highest BCUT2D eigenvalue weighted by atomic mass is 32.2. The average molecular weight is 286 g/mol. The Morgan fingerprint density at radius 2 is 2.32 bits per heavy atom. The molecule has 1 heterocycles. The molecule has 1 atom stereocenters. The highest BCUT2D eigenvalue weighted by Crippen LogP contribution is 2.26. The summed E-state index contributed by atoms with van der Waals surface area (Å²) in [5.41, 5.74) is 6.07. The van der Waals surface area contributed by atoms with Gasteiger partial charge in [-0.3, -0.25) is 0 Å². The molecule has 1 aliphatic heterocycles. The van der Waals surface area contributed by atoms with Gasteiger partial charge in [-0.25, -0.2) is 13.1 Å². The molecular weight excluding hydrogens is 268 g/mol. The Kier molecular flexibility index (Phi) is 4.28. The maximum absolute atomic E-state index is 12.2. The van der Waals surface area contributed by atoms with Crippen LogP contribution < -0.4 is 15.2 Å². The molecule has 1 aromatic rings. The van der Waals surface area contributed by atoms with E-state index in [0.717, 1.165) is 6.42 Å². The smallest absolute Gasteiger partial charge is 0.244 e. The molecule has 0 bridgehead atoms. The first kappa shape index (κ1) is 14.1. The quantitative estimate of drug-likeness (QED) is 0.773. The molecule has 0 radical (unpaired) electrons. The number of benzene rings is 1. The summed E-state index contributed by atoms with van der Waals surface area (Å²) in [5.74, 6) is 0.477. The van der Waals surface area contributed by atoms with Crippen LogP contribution in [-0.2, 0) is 14.8 Å². The van der Waals surface area contributed by atoms with Gasteiger partial charge in [0, 0.05) is 24.9 Å². The number of ether oxygens (including phenoxy) is 2. The van der Waals surface area contributed by atoms with Crippen LogP contribution in [0.15, 0.2) is 23.1 Å². The van der Waals surface area contributed by atoms with E-state index in [1.807, 2.05) is 0 Å². The fourth-order valence-corrected chi connectivity index (χ4v) is 3.22. The number of sulfonamides is 1. The SMILES string of the molecule is COc1cc(N)ccc1S(=O)(=O)NCC1CCOC1. The van der Waals surface area contributed by atoms with Crippen molar-refractivity contribution in [3.05, 3.63) is 18.2 Å². The number of anilines is 1. The maximum Gasteiger partial charge on any atom is 0.244 e. The molecule has 7 heteroatoms. The third-order valence-electron chi connectivity index (χ3n) is 3.06. The lowest BCUT2D eigenvalue weighted by Crippen LogP contribution is -2.29. The van der Waals surface area contributed by atoms with Crippen molar-refractivity contribution in [2.75, 3.05) is 32.6 Å². The monoisotopic (exact) mass is 286 g/mol. The summed E-state index contributed by atoms with van der Waals surface area (Å²) >= 11 is 0. The van der Waals surface area contributed by atoms with Crippen LogP contribution >= 0.6 is 0 Å². The summed E-state index contributed by atoms with van der Waals surface area (Å²) in [6.07, 6.45) is 0.876. The van der Waals surface area contributed by atoms with Gasteiger partial charge in [-0.15, -0.1) is 0 Å². The third-order valence-corrected chi connectivity index (χ3v) is 4.53. The number of methoxy groups -OCH3 is 1. The molecule has 6 nitrogen and oxygen atoms in total. The van der Waals surface area contributed by atoms with Crippen molar-refractivity contribution in [1.82, 2.24) is 4.72 Å². The lowest BCUT2D eigenvalue weighted by molar-refractivity contribution is 0.186. The summed E-state index contributed by atoms with van der Waals surface area (Å²) in [5, 5.41) is 0. The van der Waals surface area contributed by atoms with E-state index >= 15 is 0 Å². The normalized spacial score (nSPS) is 19.5. The number of nitrogens with one attached hydrogen (secondary N) is 1. The minimum Gasteiger partial charge on any atom is -0.495 e. The molecular formula is C12H18N2O4S. The molecule has 0 amide bonds. The van der Waals surface area contributed by atoms with Gasteiger partial charge >= 0.3 is 0 Å². The topological polar surface area (TPSA) is 90.7 Å². The van der Waals surface area contributed by atoms with Crippen LogP contribution in [-0.4, -0.2) is 35.3 Å². The van der Waals surface area contributed by atoms with Gasteiger partial charge in [0.05, 0.1) is 13.7 Å². The highest BCUT2D eigenvalue weighted by Gasteiger charge is 2.22. The predicted octanol–water partition coefficient (Wildman–Crippen LogP) is 0.592. The van der Waals surface area contributed by atoms with E-state index in [9.17, 15) is 8.42 Å². The van der Waals surface area contributed by atoms with E-state index in [0.29, 0.717) is 25.4 Å². The molecule has 3 N–H and O–H groups in total. The lowest BCUT2D eigenvalue weighted by atomic mass is 10.1. The summed E-state index contributed by atoms with van der Waals surface area (Å²) in [6, 6.07) is 4.48. The zero-order valence-corrected chi connectivity index (χ0v) is 11.6. The summed E-state index contributed by atoms with van der Waals surface area (Å²) < 4.78 is 37.3. The first-order valence-electron chi connectivity index (χ1n) is 6.04. The largest absolute Gasteiger partial charge is 0.495 e. The first-order valence-corrected chi connectivity index (χ1v) is 7.52. The number of rotatable bonds is 5. The lowest BCUT2D eigenvalue weighted by Gasteiger charge is -2.13. The van der Waals surface area contributed by atoms with Gasteiger partial charge in [-0.1, -0.05) is 0 Å². The molecule has 0 spiro atoms. The van der Waals surface area contributed by atoms with Crippen molar-refractivity contribution in [3.63, 3.8) is 0 Å². The van der Waals surface area contributed by atoms with Crippen LogP contribution in [0, 0.1) is 5.92 Å². The van der Waals surface area contributed by atoms with Gasteiger partial charge in [-0.05, 0) is 24.5 Å². The first-order chi connectivity index (χ1) is 9.03. The molecule has 0 aromatic heterocycles. The highest BCUT2D eigenvalue weighted by molar-refractivity contribution is 7.89. The Morgan fingerprint density at radius 3 is 2.95 bits per heavy atom. The van der Waals surface area contributed by atoms with E-state index < -0.39 is 10.0 Å². The Morgan fingerprint density at radius 1 is 1.53 bits per heavy atom. The van der Waals surface area contributed by atoms with Crippen molar-refractivity contribution < 1.29 is 17.9 Å². The standard InChI is InChI=1S/C12H18N2O4S/c1-17-11-6-10(13)2-3-12(11)19(15,16)14-7-9-4-5-18-8-9/h2-3,6,9,14H,4-5,7-8,13H2,1H3. The number of nitrogens with two attached hydrogens (primary N) is 1. The van der Waals surface area contributed by atoms with Crippen molar-refractivity contribution in [2.45, 2.75) is 11.3 Å². The van der Waals surface area contributed by atoms with Gasteiger partial charge < -0.3 is 15.2 Å². The van der Waals surface area contributed by atoms with E-state index in [4.69, 9.17) is 15.2 Å². The zero-order chi connectivity index (χ0) is 13.9. The summed E-state index contributed by atoms with van der Waals surface area (Å²) in [6.45, 7) is 1.66. The van der Waals surface area contributed by atoms with Gasteiger partial charge in [0.2, 0.25) is 10.0 Å². The molecule has 1 aromatic carbocycles. The summed E-state index contributed by atoms with van der Waals surface area (Å²) in [7, 11) is -2.18. The van der Waals surface area contributed by atoms with Crippen LogP contribution in [0.1, 0.15) is 6.42 Å². The molecule has 1 fully saturated rings. The van der Waals surface area contributed by atoms with Gasteiger partial charge in [0.15, 0.2) is 0 Å². The number of hydrogen-bond donors (Lipinski definition) is 2. The van der Waals surface area contributed by atoms with Crippen molar-refractivity contribution in [3.8, 4) is 5.75 Å². The molecule has 1 saturated heterocycles. The second-order valence-corrected chi connectivity index (χ2v) is 6.23. The molecule has 1 unspecified atom stereocenters. The van der Waals surface area contributed by atoms with E-state index in [-0.39, 0.29) is 16.6 Å². The zero-order valence-electron chi connectivity index (χ0n) is 10.8. The second kappa shape index (κ2) is 5.77. The minimum atomic E-state index is -3.59. The van der Waals surface area contributed by atoms with Crippen molar-refractivity contribution in [1.29, 1.82) is 0 Å². The summed E-state index contributed by atoms with van der Waals surface area (Å²) in [4.78, 5) is 0.100. The van der Waals surface area contributed by atoms with Gasteiger partial charge in [0.1, 0.15) is 10.6 Å². The number of nitrogen functional groups attached to an aromatic ring is 1. The molecule has 106 valence electrons. The Labute approximate surface area is 112 Å². The Balaban J connectivity index is 2.14. The van der Waals surface area contributed by atoms with E-state index in [1.54, 1.807) is 0 Å². The Hall–Kier alpha value is -1.31. The molecule has 0 aliphatic carbocycles. The third kappa shape index (κ3) is 3.37. The van der Waals surface area contributed by atoms with Gasteiger partial charge in [-0.2, -0.15) is 0 Å². The van der Waals surface area contributed by atoms with Gasteiger partial charge in [0.25, 0.3) is 0 Å². The minimum absolute atomic E-state index is 0.100. The van der Waals surface area contributed by atoms with Crippen LogP contribution in [0.3, 0.4) is 0 Å². The van der Waals surface area contributed by atoms with E-state index in [2.05, 4.69) is 4.72 Å². The van der Waals surface area contributed by atoms with Crippen LogP contribution in [0.4, 0.5) is 5.69 Å². The molecule has 0 saturated carbocycles. The van der Waals surface area contributed by atoms with Crippen molar-refractivity contribution >= 4 is 15.7 Å². The average Bonchev–Trinajstić information content (AvgIpc) is 2.89. The Bertz CT molecular complexity index is 539.